The van der Waals surface area contributed by atoms with Gasteiger partial charge < -0.3 is 9.47 Å². The number of para-hydroxylation sites is 1. The van der Waals surface area contributed by atoms with E-state index in [9.17, 15) is 9.59 Å². The Hall–Kier alpha value is -2.62. The van der Waals surface area contributed by atoms with E-state index in [0.29, 0.717) is 12.4 Å². The van der Waals surface area contributed by atoms with Gasteiger partial charge in [0.2, 0.25) is 0 Å². The van der Waals surface area contributed by atoms with Gasteiger partial charge in [0.1, 0.15) is 5.75 Å². The van der Waals surface area contributed by atoms with Crippen LogP contribution in [0.1, 0.15) is 97.4 Å². The molecule has 4 nitrogen and oxygen atoms in total. The van der Waals surface area contributed by atoms with Crippen molar-refractivity contribution in [2.45, 2.75) is 78.1 Å². The largest absolute Gasteiger partial charge is 0.462 e. The van der Waals surface area contributed by atoms with Crippen molar-refractivity contribution in [3.63, 3.8) is 0 Å². The van der Waals surface area contributed by atoms with Crippen molar-refractivity contribution in [3.05, 3.63) is 65.2 Å². The maximum absolute atomic E-state index is 12.6. The fraction of sp³-hybridized carbons (Fsp3) is 0.481. The number of hydrogen-bond acceptors (Lipinski definition) is 4. The van der Waals surface area contributed by atoms with Gasteiger partial charge in [-0.1, -0.05) is 95.0 Å². The molecule has 0 amide bonds. The maximum Gasteiger partial charge on any atom is 0.344 e. The number of aryl methyl sites for hydroxylation is 1. The molecule has 0 saturated heterocycles. The van der Waals surface area contributed by atoms with E-state index < -0.39 is 11.9 Å². The van der Waals surface area contributed by atoms with Gasteiger partial charge >= 0.3 is 11.9 Å². The van der Waals surface area contributed by atoms with Gasteiger partial charge in [-0.3, -0.25) is 0 Å². The molecule has 0 radical (unpaired) electrons. The van der Waals surface area contributed by atoms with Gasteiger partial charge in [-0.2, -0.15) is 0 Å². The lowest BCUT2D eigenvalue weighted by atomic mass is 10.1. The minimum absolute atomic E-state index is 0.221. The Morgan fingerprint density at radius 3 is 1.81 bits per heavy atom. The third kappa shape index (κ3) is 8.95. The van der Waals surface area contributed by atoms with Crippen LogP contribution in [0.25, 0.3) is 0 Å². The lowest BCUT2D eigenvalue weighted by molar-refractivity contribution is 0.0489. The summed E-state index contributed by atoms with van der Waals surface area (Å²) in [6.07, 6.45) is 12.3. The van der Waals surface area contributed by atoms with Gasteiger partial charge in [-0.05, 0) is 37.1 Å². The first kappa shape index (κ1) is 24.6. The van der Waals surface area contributed by atoms with Crippen LogP contribution in [0, 0.1) is 6.92 Å². The summed E-state index contributed by atoms with van der Waals surface area (Å²) in [5.74, 6) is -0.546. The molecule has 0 bridgehead atoms. The zero-order valence-corrected chi connectivity index (χ0v) is 19.0. The van der Waals surface area contributed by atoms with E-state index in [1.54, 1.807) is 30.3 Å². The molecule has 0 aliphatic carbocycles. The predicted octanol–water partition coefficient (Wildman–Crippen LogP) is 7.29. The number of benzene rings is 2. The van der Waals surface area contributed by atoms with E-state index in [2.05, 4.69) is 6.92 Å². The number of esters is 2. The molecule has 4 heteroatoms. The third-order valence-electron chi connectivity index (χ3n) is 5.39. The Bertz CT molecular complexity index is 812. The highest BCUT2D eigenvalue weighted by Crippen LogP contribution is 2.20. The second kappa shape index (κ2) is 14.4. The van der Waals surface area contributed by atoms with Gasteiger partial charge in [-0.25, -0.2) is 9.59 Å². The Balaban J connectivity index is 1.73. The van der Waals surface area contributed by atoms with E-state index >= 15 is 0 Å². The molecule has 0 spiro atoms. The third-order valence-corrected chi connectivity index (χ3v) is 5.39. The van der Waals surface area contributed by atoms with Crippen LogP contribution < -0.4 is 4.74 Å². The van der Waals surface area contributed by atoms with Crippen molar-refractivity contribution >= 4 is 11.9 Å². The molecule has 31 heavy (non-hydrogen) atoms. The summed E-state index contributed by atoms with van der Waals surface area (Å²) in [6.45, 7) is 4.48. The van der Waals surface area contributed by atoms with E-state index in [4.69, 9.17) is 9.47 Å². The van der Waals surface area contributed by atoms with Gasteiger partial charge in [0.15, 0.2) is 0 Å². The highest BCUT2D eigenvalue weighted by Gasteiger charge is 2.20. The van der Waals surface area contributed by atoms with Crippen molar-refractivity contribution in [1.29, 1.82) is 0 Å². The summed E-state index contributed by atoms with van der Waals surface area (Å²) in [7, 11) is 0. The Morgan fingerprint density at radius 1 is 0.677 bits per heavy atom. The fourth-order valence-corrected chi connectivity index (χ4v) is 3.50. The molecule has 0 heterocycles. The average Bonchev–Trinajstić information content (AvgIpc) is 2.78. The number of unbranched alkanes of at least 4 members (excludes halogenated alkanes) is 9. The first-order chi connectivity index (χ1) is 15.1. The fourth-order valence-electron chi connectivity index (χ4n) is 3.50. The molecule has 2 aromatic rings. The summed E-state index contributed by atoms with van der Waals surface area (Å²) in [6, 6.07) is 13.9. The standard InChI is InChI=1S/C27H36O4/c1-3-4-5-6-7-8-9-10-11-16-21-30-26(28)23-18-13-14-19-24(23)27(29)31-25-20-15-12-17-22(25)2/h12-15,17-20H,3-11,16,21H2,1-2H3. The highest BCUT2D eigenvalue weighted by molar-refractivity contribution is 6.03. The molecule has 0 saturated carbocycles. The lowest BCUT2D eigenvalue weighted by Gasteiger charge is -2.11. The summed E-state index contributed by atoms with van der Waals surface area (Å²) < 4.78 is 10.9. The predicted molar refractivity (Wildman–Crippen MR) is 125 cm³/mol. The molecule has 0 aromatic heterocycles. The molecule has 0 aliphatic rings. The van der Waals surface area contributed by atoms with Crippen LogP contribution >= 0.6 is 0 Å². The number of carbonyl (C=O) groups excluding carboxylic acids is 2. The van der Waals surface area contributed by atoms with Crippen LogP contribution in [0.2, 0.25) is 0 Å². The number of hydrogen-bond donors (Lipinski definition) is 0. The summed E-state index contributed by atoms with van der Waals surface area (Å²) in [5, 5.41) is 0. The summed E-state index contributed by atoms with van der Waals surface area (Å²) >= 11 is 0. The van der Waals surface area contributed by atoms with E-state index in [1.807, 2.05) is 25.1 Å². The second-order valence-corrected chi connectivity index (χ2v) is 8.02. The van der Waals surface area contributed by atoms with Crippen LogP contribution in [0.5, 0.6) is 5.75 Å². The smallest absolute Gasteiger partial charge is 0.344 e. The summed E-state index contributed by atoms with van der Waals surface area (Å²) in [5.41, 5.74) is 1.32. The zero-order valence-electron chi connectivity index (χ0n) is 19.0. The SMILES string of the molecule is CCCCCCCCCCCCOC(=O)c1ccccc1C(=O)Oc1ccccc1C. The van der Waals surface area contributed by atoms with E-state index in [-0.39, 0.29) is 11.1 Å². The Labute approximate surface area is 187 Å². The van der Waals surface area contributed by atoms with Crippen LogP contribution in [0.4, 0.5) is 0 Å². The topological polar surface area (TPSA) is 52.6 Å². The molecule has 2 aromatic carbocycles. The van der Waals surface area contributed by atoms with Crippen molar-refractivity contribution in [1.82, 2.24) is 0 Å². The minimum Gasteiger partial charge on any atom is -0.462 e. The molecule has 2 rings (SSSR count). The van der Waals surface area contributed by atoms with Gasteiger partial charge in [0, 0.05) is 0 Å². The normalized spacial score (nSPS) is 10.6. The van der Waals surface area contributed by atoms with Crippen LogP contribution in [0.15, 0.2) is 48.5 Å². The molecule has 0 atom stereocenters. The van der Waals surface area contributed by atoms with Crippen molar-refractivity contribution in [2.24, 2.45) is 0 Å². The zero-order chi connectivity index (χ0) is 22.3. The molecule has 168 valence electrons. The number of carbonyl (C=O) groups is 2. The Morgan fingerprint density at radius 2 is 1.19 bits per heavy atom. The van der Waals surface area contributed by atoms with Gasteiger partial charge in [-0.15, -0.1) is 0 Å². The van der Waals surface area contributed by atoms with Crippen LogP contribution in [0.3, 0.4) is 0 Å². The Kier molecular flexibility index (Phi) is 11.4. The average molecular weight is 425 g/mol. The molecule has 0 fully saturated rings. The molecular formula is C27H36O4. The second-order valence-electron chi connectivity index (χ2n) is 8.02. The lowest BCUT2D eigenvalue weighted by Crippen LogP contribution is -2.16. The van der Waals surface area contributed by atoms with Crippen LogP contribution in [-0.2, 0) is 4.74 Å². The first-order valence-corrected chi connectivity index (χ1v) is 11.7. The molecule has 0 unspecified atom stereocenters. The van der Waals surface area contributed by atoms with Gasteiger partial charge in [0.05, 0.1) is 17.7 Å². The first-order valence-electron chi connectivity index (χ1n) is 11.7. The van der Waals surface area contributed by atoms with Gasteiger partial charge in [0.25, 0.3) is 0 Å². The van der Waals surface area contributed by atoms with E-state index in [1.165, 1.54) is 51.4 Å². The van der Waals surface area contributed by atoms with E-state index in [0.717, 1.165) is 18.4 Å². The van der Waals surface area contributed by atoms with Crippen LogP contribution in [-0.4, -0.2) is 18.5 Å². The van der Waals surface area contributed by atoms with Crippen molar-refractivity contribution in [2.75, 3.05) is 6.61 Å². The minimum atomic E-state index is -0.555. The van der Waals surface area contributed by atoms with Crippen molar-refractivity contribution in [3.8, 4) is 5.75 Å². The monoisotopic (exact) mass is 424 g/mol. The number of ether oxygens (including phenoxy) is 2. The quantitative estimate of drug-likeness (QED) is 0.181. The highest BCUT2D eigenvalue weighted by atomic mass is 16.5. The molecule has 0 aliphatic heterocycles. The summed E-state index contributed by atoms with van der Waals surface area (Å²) in [4.78, 5) is 25.1. The number of rotatable bonds is 14. The maximum atomic E-state index is 12.6. The molecule has 0 N–H and O–H groups in total. The molecular weight excluding hydrogens is 388 g/mol. The van der Waals surface area contributed by atoms with Crippen molar-refractivity contribution < 1.29 is 19.1 Å².